The third-order valence-electron chi connectivity index (χ3n) is 5.77. The molecule has 1 aliphatic rings. The zero-order valence-corrected chi connectivity index (χ0v) is 17.2. The Balaban J connectivity index is 1.34. The Morgan fingerprint density at radius 2 is 1.78 bits per heavy atom. The van der Waals surface area contributed by atoms with Crippen LogP contribution in [0, 0.1) is 0 Å². The molecule has 5 aromatic rings. The van der Waals surface area contributed by atoms with Gasteiger partial charge in [-0.25, -0.2) is 4.98 Å². The van der Waals surface area contributed by atoms with Crippen molar-refractivity contribution in [2.75, 3.05) is 0 Å². The van der Waals surface area contributed by atoms with Crippen LogP contribution in [0.3, 0.4) is 0 Å². The standard InChI is InChI=1S/C26H20N4O2/c31-26(29-22-6-7-22)18-3-1-17(2-4-18)20-5-8-25-28-14-24(30(25)15-20)19-9-11-27-23(13-19)21-10-12-32-16-21/h1-5,8-16,22H,6-7H2,(H,29,31). The molecule has 1 fully saturated rings. The maximum Gasteiger partial charge on any atom is 0.251 e. The molecule has 1 aliphatic carbocycles. The molecule has 6 nitrogen and oxygen atoms in total. The first-order chi connectivity index (χ1) is 15.7. The number of rotatable bonds is 5. The highest BCUT2D eigenvalue weighted by Gasteiger charge is 2.23. The van der Waals surface area contributed by atoms with Crippen molar-refractivity contribution in [1.82, 2.24) is 19.7 Å². The molecule has 1 aromatic carbocycles. The van der Waals surface area contributed by atoms with Gasteiger partial charge in [0.15, 0.2) is 0 Å². The molecule has 6 rings (SSSR count). The van der Waals surface area contributed by atoms with Gasteiger partial charge in [0.25, 0.3) is 5.91 Å². The Morgan fingerprint density at radius 1 is 0.938 bits per heavy atom. The van der Waals surface area contributed by atoms with Crippen molar-refractivity contribution in [3.8, 4) is 33.6 Å². The lowest BCUT2D eigenvalue weighted by molar-refractivity contribution is 0.0951. The maximum absolute atomic E-state index is 12.3. The fraction of sp³-hybridized carbons (Fsp3) is 0.115. The van der Waals surface area contributed by atoms with Crippen LogP contribution in [0.1, 0.15) is 23.2 Å². The predicted octanol–water partition coefficient (Wildman–Crippen LogP) is 5.22. The topological polar surface area (TPSA) is 72.4 Å². The number of furan rings is 1. The summed E-state index contributed by atoms with van der Waals surface area (Å²) in [7, 11) is 0. The van der Waals surface area contributed by atoms with Gasteiger partial charge in [0.2, 0.25) is 0 Å². The van der Waals surface area contributed by atoms with E-state index in [9.17, 15) is 4.79 Å². The second-order valence-electron chi connectivity index (χ2n) is 8.06. The van der Waals surface area contributed by atoms with Crippen LogP contribution in [0.2, 0.25) is 0 Å². The van der Waals surface area contributed by atoms with E-state index in [-0.39, 0.29) is 5.91 Å². The minimum Gasteiger partial charge on any atom is -0.472 e. The number of carbonyl (C=O) groups excluding carboxylic acids is 1. The van der Waals surface area contributed by atoms with E-state index < -0.39 is 0 Å². The summed E-state index contributed by atoms with van der Waals surface area (Å²) in [5.41, 5.74) is 7.44. The molecule has 0 saturated heterocycles. The minimum absolute atomic E-state index is 0.00230. The van der Waals surface area contributed by atoms with Crippen molar-refractivity contribution in [2.24, 2.45) is 0 Å². The molecule has 0 aliphatic heterocycles. The molecule has 1 amide bonds. The summed E-state index contributed by atoms with van der Waals surface area (Å²) in [6.45, 7) is 0. The summed E-state index contributed by atoms with van der Waals surface area (Å²) in [5, 5.41) is 3.03. The van der Waals surface area contributed by atoms with Gasteiger partial charge in [0.05, 0.1) is 30.1 Å². The summed E-state index contributed by atoms with van der Waals surface area (Å²) in [6.07, 6.45) is 11.2. The number of carbonyl (C=O) groups is 1. The van der Waals surface area contributed by atoms with Crippen LogP contribution in [0.5, 0.6) is 0 Å². The van der Waals surface area contributed by atoms with Gasteiger partial charge in [-0.3, -0.25) is 14.2 Å². The average molecular weight is 420 g/mol. The van der Waals surface area contributed by atoms with E-state index in [4.69, 9.17) is 4.42 Å². The Kier molecular flexibility index (Phi) is 4.35. The first kappa shape index (κ1) is 18.6. The summed E-state index contributed by atoms with van der Waals surface area (Å²) in [5.74, 6) is -0.00230. The normalized spacial score (nSPS) is 13.4. The van der Waals surface area contributed by atoms with Crippen molar-refractivity contribution in [3.05, 3.63) is 91.3 Å². The number of nitrogens with zero attached hydrogens (tertiary/aromatic N) is 3. The molecular formula is C26H20N4O2. The molecule has 32 heavy (non-hydrogen) atoms. The first-order valence-electron chi connectivity index (χ1n) is 10.6. The van der Waals surface area contributed by atoms with Crippen LogP contribution in [-0.2, 0) is 0 Å². The largest absolute Gasteiger partial charge is 0.472 e. The van der Waals surface area contributed by atoms with E-state index in [1.54, 1.807) is 18.7 Å². The average Bonchev–Trinajstić information content (AvgIpc) is 3.31. The van der Waals surface area contributed by atoms with Crippen LogP contribution >= 0.6 is 0 Å². The highest BCUT2D eigenvalue weighted by atomic mass is 16.3. The molecule has 0 spiro atoms. The molecule has 0 radical (unpaired) electrons. The second-order valence-corrected chi connectivity index (χ2v) is 8.06. The molecule has 0 unspecified atom stereocenters. The van der Waals surface area contributed by atoms with Gasteiger partial charge >= 0.3 is 0 Å². The van der Waals surface area contributed by atoms with Gasteiger partial charge in [-0.2, -0.15) is 0 Å². The number of hydrogen-bond donors (Lipinski definition) is 1. The lowest BCUT2D eigenvalue weighted by Crippen LogP contribution is -2.25. The van der Waals surface area contributed by atoms with E-state index in [1.807, 2.05) is 54.7 Å². The molecule has 4 heterocycles. The number of aromatic nitrogens is 3. The first-order valence-corrected chi connectivity index (χ1v) is 10.6. The Morgan fingerprint density at radius 3 is 2.56 bits per heavy atom. The van der Waals surface area contributed by atoms with Crippen molar-refractivity contribution in [1.29, 1.82) is 0 Å². The van der Waals surface area contributed by atoms with Crippen LogP contribution in [0.4, 0.5) is 0 Å². The molecule has 4 aromatic heterocycles. The quantitative estimate of drug-likeness (QED) is 0.423. The number of benzene rings is 1. The zero-order valence-electron chi connectivity index (χ0n) is 17.2. The number of pyridine rings is 2. The smallest absolute Gasteiger partial charge is 0.251 e. The third kappa shape index (κ3) is 3.46. The van der Waals surface area contributed by atoms with E-state index in [0.29, 0.717) is 11.6 Å². The highest BCUT2D eigenvalue weighted by molar-refractivity contribution is 5.95. The van der Waals surface area contributed by atoms with Crippen LogP contribution < -0.4 is 5.32 Å². The van der Waals surface area contributed by atoms with Crippen LogP contribution in [-0.4, -0.2) is 26.3 Å². The number of fused-ring (bicyclic) bond motifs is 1. The van der Waals surface area contributed by atoms with Gasteiger partial charge in [-0.05, 0) is 66.4 Å². The Bertz CT molecular complexity index is 1410. The summed E-state index contributed by atoms with van der Waals surface area (Å²) in [6, 6.07) is 18.1. The number of hydrogen-bond acceptors (Lipinski definition) is 4. The molecular weight excluding hydrogens is 400 g/mol. The number of nitrogens with one attached hydrogen (secondary N) is 1. The highest BCUT2D eigenvalue weighted by Crippen LogP contribution is 2.28. The van der Waals surface area contributed by atoms with Gasteiger partial charge < -0.3 is 9.73 Å². The lowest BCUT2D eigenvalue weighted by Gasteiger charge is -2.08. The monoisotopic (exact) mass is 420 g/mol. The molecule has 6 heteroatoms. The van der Waals surface area contributed by atoms with Gasteiger partial charge in [0.1, 0.15) is 5.65 Å². The van der Waals surface area contributed by atoms with Crippen molar-refractivity contribution < 1.29 is 9.21 Å². The van der Waals surface area contributed by atoms with Crippen molar-refractivity contribution >= 4 is 11.6 Å². The van der Waals surface area contributed by atoms with E-state index in [0.717, 1.165) is 52.1 Å². The molecule has 0 bridgehead atoms. The molecule has 1 saturated carbocycles. The fourth-order valence-electron chi connectivity index (χ4n) is 3.83. The predicted molar refractivity (Wildman–Crippen MR) is 122 cm³/mol. The van der Waals surface area contributed by atoms with Crippen molar-refractivity contribution in [2.45, 2.75) is 18.9 Å². The van der Waals surface area contributed by atoms with Gasteiger partial charge in [-0.15, -0.1) is 0 Å². The fourth-order valence-corrected chi connectivity index (χ4v) is 3.83. The van der Waals surface area contributed by atoms with E-state index in [1.165, 1.54) is 0 Å². The minimum atomic E-state index is -0.00230. The van der Waals surface area contributed by atoms with Crippen molar-refractivity contribution in [3.63, 3.8) is 0 Å². The molecule has 1 N–H and O–H groups in total. The van der Waals surface area contributed by atoms with Gasteiger partial charge in [0, 0.05) is 35.1 Å². The summed E-state index contributed by atoms with van der Waals surface area (Å²) in [4.78, 5) is 21.3. The van der Waals surface area contributed by atoms with E-state index >= 15 is 0 Å². The van der Waals surface area contributed by atoms with Crippen LogP contribution in [0.25, 0.3) is 39.3 Å². The van der Waals surface area contributed by atoms with E-state index in [2.05, 4.69) is 31.9 Å². The zero-order chi connectivity index (χ0) is 21.5. The van der Waals surface area contributed by atoms with Gasteiger partial charge in [-0.1, -0.05) is 12.1 Å². The SMILES string of the molecule is O=C(NC1CC1)c1ccc(-c2ccc3ncc(-c4ccnc(-c5ccoc5)c4)n3c2)cc1. The third-order valence-corrected chi connectivity index (χ3v) is 5.77. The lowest BCUT2D eigenvalue weighted by atomic mass is 10.0. The maximum atomic E-state index is 12.3. The second kappa shape index (κ2) is 7.50. The molecule has 156 valence electrons. The summed E-state index contributed by atoms with van der Waals surface area (Å²) < 4.78 is 7.28. The Labute approximate surface area is 184 Å². The molecule has 0 atom stereocenters. The van der Waals surface area contributed by atoms with Crippen LogP contribution in [0.15, 0.2) is 90.1 Å². The Hall–Kier alpha value is -4.19. The number of amides is 1. The summed E-state index contributed by atoms with van der Waals surface area (Å²) >= 11 is 0. The number of imidazole rings is 1.